The zero-order valence-corrected chi connectivity index (χ0v) is 13.4. The first kappa shape index (κ1) is 13.4. The van der Waals surface area contributed by atoms with Crippen LogP contribution in [0.1, 0.15) is 44.9 Å². The first-order valence-electron chi connectivity index (χ1n) is 9.33. The van der Waals surface area contributed by atoms with Gasteiger partial charge in [0.2, 0.25) is 0 Å². The fourth-order valence-electron chi connectivity index (χ4n) is 7.62. The first-order valence-corrected chi connectivity index (χ1v) is 9.33. The van der Waals surface area contributed by atoms with E-state index in [0.717, 1.165) is 45.1 Å². The fourth-order valence-corrected chi connectivity index (χ4v) is 7.62. The summed E-state index contributed by atoms with van der Waals surface area (Å²) in [6.07, 6.45) is 7.00. The van der Waals surface area contributed by atoms with E-state index in [9.17, 15) is 9.90 Å². The van der Waals surface area contributed by atoms with E-state index in [1.165, 1.54) is 6.42 Å². The predicted molar refractivity (Wildman–Crippen MR) is 84.1 cm³/mol. The molecule has 3 saturated heterocycles. The maximum Gasteiger partial charge on any atom is 0.173 e. The minimum Gasteiger partial charge on any atom is -0.390 e. The summed E-state index contributed by atoms with van der Waals surface area (Å²) < 4.78 is 0. The topological polar surface area (TPSA) is 76.2 Å². The van der Waals surface area contributed by atoms with Crippen LogP contribution in [0.2, 0.25) is 0 Å². The smallest absolute Gasteiger partial charge is 0.173 e. The zero-order chi connectivity index (χ0) is 15.6. The van der Waals surface area contributed by atoms with Gasteiger partial charge in [0, 0.05) is 23.9 Å². The Kier molecular flexibility index (Phi) is 2.22. The SMILES string of the molecule is N=C1NC(C23CC4CC(CC(O)(C4)C2)C3)C(=O)C2C1CC1CN12. The lowest BCUT2D eigenvalue weighted by Gasteiger charge is -2.63. The molecule has 7 aliphatic rings. The van der Waals surface area contributed by atoms with Gasteiger partial charge >= 0.3 is 0 Å². The fraction of sp³-hybridized carbons (Fsp3) is 0.889. The average Bonchev–Trinajstić information content (AvgIpc) is 3.10. The molecule has 4 aliphatic carbocycles. The third kappa shape index (κ3) is 1.60. The van der Waals surface area contributed by atoms with Crippen LogP contribution in [0.3, 0.4) is 0 Å². The molecule has 7 atom stereocenters. The van der Waals surface area contributed by atoms with Crippen LogP contribution in [0.4, 0.5) is 0 Å². The quantitative estimate of drug-likeness (QED) is 0.629. The van der Waals surface area contributed by atoms with Gasteiger partial charge in [0.1, 0.15) is 0 Å². The van der Waals surface area contributed by atoms with E-state index >= 15 is 0 Å². The number of piperidine rings is 2. The summed E-state index contributed by atoms with van der Waals surface area (Å²) in [5.41, 5.74) is -0.634. The van der Waals surface area contributed by atoms with Gasteiger partial charge < -0.3 is 10.4 Å². The summed E-state index contributed by atoms with van der Waals surface area (Å²) in [6, 6.07) is 0.282. The van der Waals surface area contributed by atoms with Crippen LogP contribution < -0.4 is 5.32 Å². The molecule has 0 aromatic carbocycles. The van der Waals surface area contributed by atoms with Crippen molar-refractivity contribution in [3.05, 3.63) is 0 Å². The second-order valence-electron chi connectivity index (χ2n) is 9.58. The van der Waals surface area contributed by atoms with Crippen molar-refractivity contribution in [2.24, 2.45) is 23.2 Å². The molecular formula is C18H25N3O2. The minimum atomic E-state index is -0.539. The summed E-state index contributed by atoms with van der Waals surface area (Å²) in [5.74, 6) is 2.20. The Morgan fingerprint density at radius 1 is 1.17 bits per heavy atom. The molecule has 23 heavy (non-hydrogen) atoms. The van der Waals surface area contributed by atoms with Crippen molar-refractivity contribution in [1.29, 1.82) is 5.41 Å². The van der Waals surface area contributed by atoms with Crippen molar-refractivity contribution in [2.45, 2.75) is 68.7 Å². The zero-order valence-electron chi connectivity index (χ0n) is 13.4. The van der Waals surface area contributed by atoms with Crippen molar-refractivity contribution < 1.29 is 9.90 Å². The molecular weight excluding hydrogens is 290 g/mol. The Morgan fingerprint density at radius 3 is 2.61 bits per heavy atom. The van der Waals surface area contributed by atoms with Crippen LogP contribution in [0, 0.1) is 28.6 Å². The molecule has 0 aromatic heterocycles. The highest BCUT2D eigenvalue weighted by atomic mass is 16.3. The normalized spacial score (nSPS) is 62.0. The second kappa shape index (κ2) is 3.83. The number of carbonyl (C=O) groups excluding carboxylic acids is 1. The van der Waals surface area contributed by atoms with Gasteiger partial charge in [-0.05, 0) is 56.8 Å². The number of fused-ring (bicyclic) bond motifs is 3. The third-order valence-electron chi connectivity index (χ3n) is 7.96. The minimum absolute atomic E-state index is 0.0404. The van der Waals surface area contributed by atoms with Gasteiger partial charge in [-0.25, -0.2) is 0 Å². The van der Waals surface area contributed by atoms with Gasteiger partial charge in [-0.2, -0.15) is 0 Å². The number of hydrogen-bond acceptors (Lipinski definition) is 4. The highest BCUT2D eigenvalue weighted by Crippen LogP contribution is 2.63. The molecule has 0 amide bonds. The molecule has 0 spiro atoms. The summed E-state index contributed by atoms with van der Waals surface area (Å²) in [6.45, 7) is 1.05. The molecule has 7 rings (SSSR count). The number of nitrogens with zero attached hydrogens (tertiary/aromatic N) is 1. The number of aliphatic hydroxyl groups is 1. The van der Waals surface area contributed by atoms with Gasteiger partial charge in [-0.3, -0.25) is 15.1 Å². The number of rotatable bonds is 1. The summed E-state index contributed by atoms with van der Waals surface area (Å²) in [4.78, 5) is 15.6. The Labute approximate surface area is 136 Å². The number of Topliss-reactive ketones (excluding diaryl/α,β-unsaturated/α-hetero) is 1. The van der Waals surface area contributed by atoms with Gasteiger partial charge in [0.15, 0.2) is 5.78 Å². The highest BCUT2D eigenvalue weighted by molar-refractivity contribution is 6.03. The van der Waals surface area contributed by atoms with Crippen molar-refractivity contribution >= 4 is 11.6 Å². The van der Waals surface area contributed by atoms with E-state index in [4.69, 9.17) is 5.41 Å². The molecule has 0 radical (unpaired) electrons. The molecule has 124 valence electrons. The molecule has 3 heterocycles. The molecule has 7 unspecified atom stereocenters. The van der Waals surface area contributed by atoms with Crippen LogP contribution in [-0.4, -0.2) is 51.9 Å². The number of nitrogens with one attached hydrogen (secondary N) is 2. The third-order valence-corrected chi connectivity index (χ3v) is 7.96. The lowest BCUT2D eigenvalue weighted by atomic mass is 9.45. The van der Waals surface area contributed by atoms with Crippen molar-refractivity contribution in [3.8, 4) is 0 Å². The summed E-state index contributed by atoms with van der Waals surface area (Å²) in [5, 5.41) is 22.8. The van der Waals surface area contributed by atoms with Crippen LogP contribution in [0.5, 0.6) is 0 Å². The van der Waals surface area contributed by atoms with Crippen LogP contribution in [0.25, 0.3) is 0 Å². The molecule has 5 heteroatoms. The van der Waals surface area contributed by atoms with Crippen molar-refractivity contribution in [2.75, 3.05) is 6.54 Å². The molecule has 7 fully saturated rings. The molecule has 3 aliphatic heterocycles. The number of ketones is 1. The summed E-state index contributed by atoms with van der Waals surface area (Å²) >= 11 is 0. The molecule has 4 saturated carbocycles. The van der Waals surface area contributed by atoms with E-state index in [-0.39, 0.29) is 23.4 Å². The average molecular weight is 315 g/mol. The monoisotopic (exact) mass is 315 g/mol. The van der Waals surface area contributed by atoms with Gasteiger partial charge in [0.25, 0.3) is 0 Å². The molecule has 3 N–H and O–H groups in total. The van der Waals surface area contributed by atoms with Crippen molar-refractivity contribution in [1.82, 2.24) is 10.2 Å². The van der Waals surface area contributed by atoms with E-state index in [0.29, 0.717) is 29.5 Å². The highest BCUT2D eigenvalue weighted by Gasteiger charge is 2.66. The predicted octanol–water partition coefficient (Wildman–Crippen LogP) is 0.909. The lowest BCUT2D eigenvalue weighted by molar-refractivity contribution is -0.177. The number of hydrogen-bond donors (Lipinski definition) is 3. The van der Waals surface area contributed by atoms with Crippen LogP contribution >= 0.6 is 0 Å². The van der Waals surface area contributed by atoms with Crippen molar-refractivity contribution in [3.63, 3.8) is 0 Å². The molecule has 4 bridgehead atoms. The molecule has 0 aromatic rings. The van der Waals surface area contributed by atoms with Gasteiger partial charge in [0.05, 0.1) is 23.5 Å². The largest absolute Gasteiger partial charge is 0.390 e. The summed E-state index contributed by atoms with van der Waals surface area (Å²) in [7, 11) is 0. The maximum absolute atomic E-state index is 13.3. The van der Waals surface area contributed by atoms with Gasteiger partial charge in [-0.1, -0.05) is 0 Å². The maximum atomic E-state index is 13.3. The van der Waals surface area contributed by atoms with Crippen LogP contribution in [0.15, 0.2) is 0 Å². The number of carbonyl (C=O) groups is 1. The number of amidine groups is 1. The van der Waals surface area contributed by atoms with E-state index in [1.54, 1.807) is 0 Å². The van der Waals surface area contributed by atoms with Gasteiger partial charge in [-0.15, -0.1) is 0 Å². The van der Waals surface area contributed by atoms with E-state index in [1.807, 2.05) is 0 Å². The standard InChI is InChI=1S/C18H25N3O2/c19-16-12-2-11-7-21(11)13(12)14(22)15(20-16)17-3-9-1-10(4-17)6-18(23,5-9)8-17/h9-13,15,23H,1-8H2,(H2,19,20). The lowest BCUT2D eigenvalue weighted by Crippen LogP contribution is -2.69. The van der Waals surface area contributed by atoms with Crippen LogP contribution in [-0.2, 0) is 4.79 Å². The molecule has 5 nitrogen and oxygen atoms in total. The Hall–Kier alpha value is -0.940. The Bertz CT molecular complexity index is 618. The van der Waals surface area contributed by atoms with E-state index in [2.05, 4.69) is 10.2 Å². The Morgan fingerprint density at radius 2 is 1.91 bits per heavy atom. The van der Waals surface area contributed by atoms with E-state index < -0.39 is 5.60 Å². The Balaban J connectivity index is 1.39. The first-order chi connectivity index (χ1) is 11.0. The second-order valence-corrected chi connectivity index (χ2v) is 9.58.